The van der Waals surface area contributed by atoms with Crippen molar-refractivity contribution in [3.63, 3.8) is 0 Å². The third-order valence-electron chi connectivity index (χ3n) is 2.15. The zero-order chi connectivity index (χ0) is 9.68. The highest BCUT2D eigenvalue weighted by Crippen LogP contribution is 2.06. The summed E-state index contributed by atoms with van der Waals surface area (Å²) in [5.41, 5.74) is 5.38. The van der Waals surface area contributed by atoms with Gasteiger partial charge in [-0.05, 0) is 0 Å². The molecule has 1 heterocycles. The van der Waals surface area contributed by atoms with Crippen LogP contribution < -0.4 is 5.73 Å². The highest BCUT2D eigenvalue weighted by atomic mass is 16.5. The molecule has 0 spiro atoms. The molecule has 5 nitrogen and oxygen atoms in total. The molecule has 1 aliphatic rings. The van der Waals surface area contributed by atoms with Crippen LogP contribution in [0.3, 0.4) is 0 Å². The molecule has 1 aliphatic heterocycles. The van der Waals surface area contributed by atoms with E-state index in [1.165, 1.54) is 0 Å². The summed E-state index contributed by atoms with van der Waals surface area (Å²) in [4.78, 5) is 15.1. The molecule has 0 saturated carbocycles. The van der Waals surface area contributed by atoms with E-state index in [9.17, 15) is 4.79 Å². The predicted octanol–water partition coefficient (Wildman–Crippen LogP) is -0.671. The van der Waals surface area contributed by atoms with Crippen molar-refractivity contribution in [3.8, 4) is 0 Å². The van der Waals surface area contributed by atoms with Gasteiger partial charge >= 0.3 is 6.03 Å². The van der Waals surface area contributed by atoms with Gasteiger partial charge in [-0.1, -0.05) is 0 Å². The minimum atomic E-state index is 0.0856. The van der Waals surface area contributed by atoms with Gasteiger partial charge in [0.2, 0.25) is 0 Å². The lowest BCUT2D eigenvalue weighted by atomic mass is 10.5. The largest absolute Gasteiger partial charge is 0.383 e. The van der Waals surface area contributed by atoms with Crippen molar-refractivity contribution >= 4 is 6.03 Å². The zero-order valence-corrected chi connectivity index (χ0v) is 8.03. The van der Waals surface area contributed by atoms with E-state index < -0.39 is 0 Å². The third-order valence-corrected chi connectivity index (χ3v) is 2.15. The van der Waals surface area contributed by atoms with E-state index in [0.717, 1.165) is 13.1 Å². The molecule has 1 rings (SSSR count). The van der Waals surface area contributed by atoms with Crippen molar-refractivity contribution in [2.45, 2.75) is 0 Å². The number of nitrogens with zero attached hydrogens (tertiary/aromatic N) is 2. The van der Waals surface area contributed by atoms with Crippen LogP contribution in [0.5, 0.6) is 0 Å². The maximum Gasteiger partial charge on any atom is 0.320 e. The highest BCUT2D eigenvalue weighted by Gasteiger charge is 2.26. The Morgan fingerprint density at radius 2 is 2.00 bits per heavy atom. The van der Waals surface area contributed by atoms with Crippen LogP contribution in [0.15, 0.2) is 0 Å². The molecule has 13 heavy (non-hydrogen) atoms. The van der Waals surface area contributed by atoms with E-state index in [1.807, 2.05) is 0 Å². The van der Waals surface area contributed by atoms with E-state index in [2.05, 4.69) is 0 Å². The first kappa shape index (κ1) is 10.3. The van der Waals surface area contributed by atoms with E-state index >= 15 is 0 Å². The van der Waals surface area contributed by atoms with Gasteiger partial charge < -0.3 is 20.3 Å². The molecule has 0 aliphatic carbocycles. The van der Waals surface area contributed by atoms with E-state index in [4.69, 9.17) is 10.5 Å². The van der Waals surface area contributed by atoms with Crippen LogP contribution in [0, 0.1) is 0 Å². The predicted molar refractivity (Wildman–Crippen MR) is 49.5 cm³/mol. The Morgan fingerprint density at radius 3 is 2.54 bits per heavy atom. The molecule has 1 fully saturated rings. The molecule has 0 aromatic carbocycles. The zero-order valence-electron chi connectivity index (χ0n) is 8.03. The summed E-state index contributed by atoms with van der Waals surface area (Å²) in [6, 6.07) is 0.0856. The minimum Gasteiger partial charge on any atom is -0.383 e. The summed E-state index contributed by atoms with van der Waals surface area (Å²) in [7, 11) is 1.64. The second-order valence-corrected chi connectivity index (χ2v) is 3.04. The molecular weight excluding hydrogens is 170 g/mol. The molecule has 0 aromatic rings. The Hall–Kier alpha value is -0.810. The normalized spacial score (nSPS) is 17.2. The van der Waals surface area contributed by atoms with E-state index in [1.54, 1.807) is 16.9 Å². The van der Waals surface area contributed by atoms with Gasteiger partial charge in [-0.2, -0.15) is 0 Å². The third kappa shape index (κ3) is 2.57. The average Bonchev–Trinajstić information content (AvgIpc) is 2.46. The van der Waals surface area contributed by atoms with Gasteiger partial charge in [0.25, 0.3) is 0 Å². The maximum absolute atomic E-state index is 11.5. The van der Waals surface area contributed by atoms with Crippen LogP contribution in [0.25, 0.3) is 0 Å². The molecule has 2 N–H and O–H groups in total. The summed E-state index contributed by atoms with van der Waals surface area (Å²) in [6.45, 7) is 4.05. The van der Waals surface area contributed by atoms with Crippen molar-refractivity contribution in [2.75, 3.05) is 46.4 Å². The smallest absolute Gasteiger partial charge is 0.320 e. The molecule has 5 heteroatoms. The molecule has 0 bridgehead atoms. The minimum absolute atomic E-state index is 0.0856. The lowest BCUT2D eigenvalue weighted by Gasteiger charge is -2.17. The summed E-state index contributed by atoms with van der Waals surface area (Å²) >= 11 is 0. The first-order valence-corrected chi connectivity index (χ1v) is 4.52. The van der Waals surface area contributed by atoms with Crippen molar-refractivity contribution in [3.05, 3.63) is 0 Å². The average molecular weight is 187 g/mol. The molecule has 0 unspecified atom stereocenters. The second-order valence-electron chi connectivity index (χ2n) is 3.04. The quantitative estimate of drug-likeness (QED) is 0.621. The van der Waals surface area contributed by atoms with Gasteiger partial charge in [-0.25, -0.2) is 4.79 Å². The Balaban J connectivity index is 2.32. The molecule has 1 saturated heterocycles. The molecule has 0 radical (unpaired) electrons. The number of rotatable bonds is 5. The van der Waals surface area contributed by atoms with Crippen molar-refractivity contribution in [1.29, 1.82) is 0 Å². The van der Waals surface area contributed by atoms with E-state index in [-0.39, 0.29) is 6.03 Å². The molecule has 2 amide bonds. The summed E-state index contributed by atoms with van der Waals surface area (Å²) in [5, 5.41) is 0. The molecular formula is C8H17N3O2. The second kappa shape index (κ2) is 5.04. The van der Waals surface area contributed by atoms with Crippen molar-refractivity contribution < 1.29 is 9.53 Å². The molecule has 0 aromatic heterocycles. The molecule has 0 atom stereocenters. The summed E-state index contributed by atoms with van der Waals surface area (Å²) in [6.07, 6.45) is 0. The fraction of sp³-hybridized carbons (Fsp3) is 0.875. The Bertz CT molecular complexity index is 175. The van der Waals surface area contributed by atoms with Crippen molar-refractivity contribution in [1.82, 2.24) is 9.80 Å². The lowest BCUT2D eigenvalue weighted by molar-refractivity contribution is 0.155. The standard InChI is InChI=1S/C8H17N3O2/c1-13-7-6-11-5-4-10(3-2-9)8(11)12/h2-7,9H2,1H3. The number of nitrogens with two attached hydrogens (primary N) is 1. The monoisotopic (exact) mass is 187 g/mol. The van der Waals surface area contributed by atoms with Gasteiger partial charge in [-0.3, -0.25) is 0 Å². The number of methoxy groups -OCH3 is 1. The topological polar surface area (TPSA) is 58.8 Å². The maximum atomic E-state index is 11.5. The Labute approximate surface area is 78.4 Å². The number of hydrogen-bond donors (Lipinski definition) is 1. The Morgan fingerprint density at radius 1 is 1.38 bits per heavy atom. The first-order valence-electron chi connectivity index (χ1n) is 4.52. The number of hydrogen-bond acceptors (Lipinski definition) is 3. The number of urea groups is 1. The number of carbonyl (C=O) groups is 1. The summed E-state index contributed by atoms with van der Waals surface area (Å²) < 4.78 is 4.91. The number of carbonyl (C=O) groups excluding carboxylic acids is 1. The number of amides is 2. The SMILES string of the molecule is COCCN1CCN(CCN)C1=O. The van der Waals surface area contributed by atoms with Crippen LogP contribution in [0.1, 0.15) is 0 Å². The van der Waals surface area contributed by atoms with Crippen LogP contribution in [0.4, 0.5) is 4.79 Å². The number of ether oxygens (including phenoxy) is 1. The van der Waals surface area contributed by atoms with Gasteiger partial charge in [0.1, 0.15) is 0 Å². The fourth-order valence-electron chi connectivity index (χ4n) is 1.40. The van der Waals surface area contributed by atoms with Gasteiger partial charge in [0.15, 0.2) is 0 Å². The van der Waals surface area contributed by atoms with Crippen molar-refractivity contribution in [2.24, 2.45) is 5.73 Å². The summed E-state index contributed by atoms with van der Waals surface area (Å²) in [5.74, 6) is 0. The van der Waals surface area contributed by atoms with E-state index in [0.29, 0.717) is 26.2 Å². The molecule has 76 valence electrons. The van der Waals surface area contributed by atoms with Gasteiger partial charge in [-0.15, -0.1) is 0 Å². The Kier molecular flexibility index (Phi) is 3.98. The van der Waals surface area contributed by atoms with Crippen LogP contribution >= 0.6 is 0 Å². The van der Waals surface area contributed by atoms with Crippen LogP contribution in [-0.4, -0.2) is 62.3 Å². The fourth-order valence-corrected chi connectivity index (χ4v) is 1.40. The highest BCUT2D eigenvalue weighted by molar-refractivity contribution is 5.76. The first-order chi connectivity index (χ1) is 6.29. The van der Waals surface area contributed by atoms with Gasteiger partial charge in [0, 0.05) is 39.8 Å². The lowest BCUT2D eigenvalue weighted by Crippen LogP contribution is -2.36. The van der Waals surface area contributed by atoms with Crippen LogP contribution in [-0.2, 0) is 4.74 Å². The van der Waals surface area contributed by atoms with Gasteiger partial charge in [0.05, 0.1) is 6.61 Å². The van der Waals surface area contributed by atoms with Crippen LogP contribution in [0.2, 0.25) is 0 Å².